The van der Waals surface area contributed by atoms with Gasteiger partial charge in [0.2, 0.25) is 0 Å². The summed E-state index contributed by atoms with van der Waals surface area (Å²) >= 11 is 0. The van der Waals surface area contributed by atoms with Crippen molar-refractivity contribution in [3.8, 4) is 11.1 Å². The summed E-state index contributed by atoms with van der Waals surface area (Å²) in [5.41, 5.74) is 21.4. The van der Waals surface area contributed by atoms with Crippen LogP contribution in [0.5, 0.6) is 0 Å². The van der Waals surface area contributed by atoms with Crippen molar-refractivity contribution in [2.24, 2.45) is 0 Å². The number of hydrogen-bond donors (Lipinski definition) is 0. The summed E-state index contributed by atoms with van der Waals surface area (Å²) in [6, 6.07) is 66.2. The number of hydrogen-bond acceptors (Lipinski definition) is 2. The van der Waals surface area contributed by atoms with Gasteiger partial charge in [-0.2, -0.15) is 0 Å². The first-order valence-corrected chi connectivity index (χ1v) is 20.8. The molecular weight excluding hydrogens is 725 g/mol. The number of nitrogens with zero attached hydrogens (tertiary/aromatic N) is 2. The van der Waals surface area contributed by atoms with Crippen LogP contribution in [0.1, 0.15) is 55.6 Å². The zero-order chi connectivity index (χ0) is 41.6. The van der Waals surface area contributed by atoms with Crippen molar-refractivity contribution in [3.63, 3.8) is 0 Å². The lowest BCUT2D eigenvalue weighted by Gasteiger charge is -2.28. The van der Waals surface area contributed by atoms with Gasteiger partial charge in [-0.1, -0.05) is 168 Å². The minimum absolute atomic E-state index is 1.11. The van der Waals surface area contributed by atoms with Crippen molar-refractivity contribution in [2.75, 3.05) is 9.80 Å². The molecule has 0 aliphatic rings. The number of rotatable bonds is 11. The van der Waals surface area contributed by atoms with Gasteiger partial charge in [0, 0.05) is 34.1 Å². The average molecular weight is 777 g/mol. The Labute approximate surface area is 357 Å². The van der Waals surface area contributed by atoms with Crippen molar-refractivity contribution >= 4 is 58.4 Å². The quantitative estimate of drug-likeness (QED) is 0.121. The molecule has 0 bridgehead atoms. The summed E-state index contributed by atoms with van der Waals surface area (Å²) in [5, 5.41) is 0. The van der Waals surface area contributed by atoms with E-state index in [-0.39, 0.29) is 0 Å². The summed E-state index contributed by atoms with van der Waals surface area (Å²) in [4.78, 5) is 4.72. The van der Waals surface area contributed by atoms with E-state index in [4.69, 9.17) is 0 Å². The van der Waals surface area contributed by atoms with Crippen molar-refractivity contribution in [1.29, 1.82) is 0 Å². The van der Waals surface area contributed by atoms with E-state index in [2.05, 4.69) is 258 Å². The van der Waals surface area contributed by atoms with Crippen LogP contribution in [-0.2, 0) is 0 Å². The summed E-state index contributed by atoms with van der Waals surface area (Å²) in [7, 11) is 0. The Morgan fingerprint density at radius 3 is 0.933 bits per heavy atom. The first-order chi connectivity index (χ1) is 29.2. The molecule has 0 fully saturated rings. The van der Waals surface area contributed by atoms with Gasteiger partial charge in [0.15, 0.2) is 0 Å². The molecule has 0 N–H and O–H groups in total. The third kappa shape index (κ3) is 9.25. The first-order valence-electron chi connectivity index (χ1n) is 20.8. The zero-order valence-electron chi connectivity index (χ0n) is 35.5. The van der Waals surface area contributed by atoms with Crippen molar-refractivity contribution < 1.29 is 0 Å². The highest BCUT2D eigenvalue weighted by Crippen LogP contribution is 2.40. The minimum Gasteiger partial charge on any atom is -0.310 e. The number of anilines is 6. The fourth-order valence-electron chi connectivity index (χ4n) is 7.97. The van der Waals surface area contributed by atoms with Crippen LogP contribution in [0.2, 0.25) is 0 Å². The molecule has 2 heteroatoms. The van der Waals surface area contributed by atoms with E-state index in [1.54, 1.807) is 0 Å². The van der Waals surface area contributed by atoms with Crippen molar-refractivity contribution in [3.05, 3.63) is 238 Å². The number of benzene rings is 8. The second-order valence-electron chi connectivity index (χ2n) is 16.0. The monoisotopic (exact) mass is 776 g/mol. The average Bonchev–Trinajstić information content (AvgIpc) is 3.25. The Hall–Kier alpha value is -7.16. The standard InChI is InChI=1S/C58H52N2/c1-41-9-7-11-49(39-41)17-15-47-19-27-53(28-20-47)59(57-35-13-43(3)37-45(57)5)55-31-23-51(24-32-55)52-25-33-56(34-26-52)60(58-36-14-44(4)38-46(58)6)54-29-21-48(22-30-54)16-18-50-12-8-10-42(2)40-50/h7-40H,1-6H3/b17-15+,18-16+. The minimum atomic E-state index is 1.11. The van der Waals surface area contributed by atoms with Crippen LogP contribution < -0.4 is 9.80 Å². The Morgan fingerprint density at radius 2 is 0.600 bits per heavy atom. The van der Waals surface area contributed by atoms with Gasteiger partial charge in [-0.25, -0.2) is 0 Å². The maximum absolute atomic E-state index is 2.36. The van der Waals surface area contributed by atoms with E-state index in [9.17, 15) is 0 Å². The Balaban J connectivity index is 1.07. The molecule has 0 saturated carbocycles. The Kier molecular flexibility index (Phi) is 11.7. The molecule has 0 aliphatic carbocycles. The van der Waals surface area contributed by atoms with E-state index >= 15 is 0 Å². The lowest BCUT2D eigenvalue weighted by atomic mass is 10.0. The van der Waals surface area contributed by atoms with Gasteiger partial charge >= 0.3 is 0 Å². The second-order valence-corrected chi connectivity index (χ2v) is 16.0. The lowest BCUT2D eigenvalue weighted by Crippen LogP contribution is -2.11. The Morgan fingerprint density at radius 1 is 0.283 bits per heavy atom. The van der Waals surface area contributed by atoms with E-state index in [1.807, 2.05) is 0 Å². The molecule has 0 atom stereocenters. The molecule has 0 aliphatic heterocycles. The van der Waals surface area contributed by atoms with Crippen LogP contribution in [0.4, 0.5) is 34.1 Å². The summed E-state index contributed by atoms with van der Waals surface area (Å²) in [5.74, 6) is 0. The predicted octanol–water partition coefficient (Wildman–Crippen LogP) is 16.5. The van der Waals surface area contributed by atoms with Crippen LogP contribution in [0.15, 0.2) is 182 Å². The lowest BCUT2D eigenvalue weighted by molar-refractivity contribution is 1.23. The molecule has 8 aromatic rings. The van der Waals surface area contributed by atoms with Gasteiger partial charge in [-0.15, -0.1) is 0 Å². The van der Waals surface area contributed by atoms with Gasteiger partial charge in [0.1, 0.15) is 0 Å². The van der Waals surface area contributed by atoms with Crippen LogP contribution in [0, 0.1) is 41.5 Å². The highest BCUT2D eigenvalue weighted by atomic mass is 15.1. The molecule has 0 radical (unpaired) electrons. The maximum atomic E-state index is 2.36. The summed E-state index contributed by atoms with van der Waals surface area (Å²) < 4.78 is 0. The van der Waals surface area contributed by atoms with Gasteiger partial charge in [-0.3, -0.25) is 0 Å². The molecule has 2 nitrogen and oxygen atoms in total. The molecule has 60 heavy (non-hydrogen) atoms. The molecule has 294 valence electrons. The smallest absolute Gasteiger partial charge is 0.0490 e. The highest BCUT2D eigenvalue weighted by molar-refractivity contribution is 5.83. The van der Waals surface area contributed by atoms with Crippen LogP contribution in [0.3, 0.4) is 0 Å². The molecule has 0 amide bonds. The Bertz CT molecular complexity index is 2590. The zero-order valence-corrected chi connectivity index (χ0v) is 35.5. The maximum Gasteiger partial charge on any atom is 0.0490 e. The SMILES string of the molecule is Cc1cccc(/C=C/c2ccc(N(c3ccc(-c4ccc(N(c5ccc(/C=C/c6cccc(C)c6)cc5)c5ccc(C)cc5C)cc4)cc3)c3ccc(C)cc3C)cc2)c1. The van der Waals surface area contributed by atoms with Crippen molar-refractivity contribution in [2.45, 2.75) is 41.5 Å². The fourth-order valence-corrected chi connectivity index (χ4v) is 7.97. The molecule has 0 spiro atoms. The number of aryl methyl sites for hydroxylation is 6. The second kappa shape index (κ2) is 17.8. The molecule has 0 unspecified atom stereocenters. The van der Waals surface area contributed by atoms with E-state index < -0.39 is 0 Å². The largest absolute Gasteiger partial charge is 0.310 e. The van der Waals surface area contributed by atoms with E-state index in [0.717, 1.165) is 22.7 Å². The van der Waals surface area contributed by atoms with Crippen LogP contribution >= 0.6 is 0 Å². The van der Waals surface area contributed by atoms with Gasteiger partial charge in [0.05, 0.1) is 0 Å². The first kappa shape index (κ1) is 39.7. The molecule has 0 heterocycles. The van der Waals surface area contributed by atoms with E-state index in [1.165, 1.54) is 78.1 Å². The van der Waals surface area contributed by atoms with Gasteiger partial charge in [0.25, 0.3) is 0 Å². The fraction of sp³-hybridized carbons (Fsp3) is 0.103. The van der Waals surface area contributed by atoms with Gasteiger partial charge in [-0.05, 0) is 147 Å². The van der Waals surface area contributed by atoms with Crippen molar-refractivity contribution in [1.82, 2.24) is 0 Å². The van der Waals surface area contributed by atoms with E-state index in [0.29, 0.717) is 0 Å². The normalized spacial score (nSPS) is 11.4. The predicted molar refractivity (Wildman–Crippen MR) is 260 cm³/mol. The van der Waals surface area contributed by atoms with Crippen LogP contribution in [0.25, 0.3) is 35.4 Å². The third-order valence-electron chi connectivity index (χ3n) is 11.1. The molecule has 0 saturated heterocycles. The molecule has 8 aromatic carbocycles. The van der Waals surface area contributed by atoms with Crippen LogP contribution in [-0.4, -0.2) is 0 Å². The molecular formula is C58H52N2. The molecule has 8 rings (SSSR count). The molecule has 0 aromatic heterocycles. The highest BCUT2D eigenvalue weighted by Gasteiger charge is 2.17. The third-order valence-corrected chi connectivity index (χ3v) is 11.1. The van der Waals surface area contributed by atoms with Gasteiger partial charge < -0.3 is 9.80 Å². The topological polar surface area (TPSA) is 6.48 Å². The summed E-state index contributed by atoms with van der Waals surface area (Å²) in [6.07, 6.45) is 8.73. The summed E-state index contributed by atoms with van der Waals surface area (Å²) in [6.45, 7) is 13.0.